The second kappa shape index (κ2) is 9.43. The number of aryl methyl sites for hydroxylation is 1. The van der Waals surface area contributed by atoms with Crippen LogP contribution in [-0.4, -0.2) is 58.9 Å². The number of carbonyl (C=O) groups is 2. The molecule has 7 nitrogen and oxygen atoms in total. The number of methoxy groups -OCH3 is 1. The molecule has 0 saturated carbocycles. The number of nitrogens with zero attached hydrogens (tertiary/aromatic N) is 3. The van der Waals surface area contributed by atoms with Gasteiger partial charge in [-0.1, -0.05) is 12.1 Å². The van der Waals surface area contributed by atoms with E-state index in [1.54, 1.807) is 25.1 Å². The molecular weight excluding hydrogens is 399 g/mol. The van der Waals surface area contributed by atoms with E-state index in [9.17, 15) is 14.0 Å². The lowest BCUT2D eigenvalue weighted by atomic mass is 10.0. The first-order chi connectivity index (χ1) is 14.7. The summed E-state index contributed by atoms with van der Waals surface area (Å²) in [5.74, 6) is -0.0682. The van der Waals surface area contributed by atoms with Gasteiger partial charge in [0, 0.05) is 38.6 Å². The molecule has 2 aromatic rings. The van der Waals surface area contributed by atoms with Gasteiger partial charge in [0.15, 0.2) is 0 Å². The van der Waals surface area contributed by atoms with Crippen LogP contribution in [0, 0.1) is 12.7 Å². The fourth-order valence-corrected chi connectivity index (χ4v) is 3.88. The molecule has 3 rings (SSSR count). The van der Waals surface area contributed by atoms with Gasteiger partial charge in [-0.3, -0.25) is 14.5 Å². The van der Waals surface area contributed by atoms with Crippen molar-refractivity contribution in [3.05, 3.63) is 52.8 Å². The van der Waals surface area contributed by atoms with Gasteiger partial charge in [-0.05, 0) is 50.1 Å². The summed E-state index contributed by atoms with van der Waals surface area (Å²) < 4.78 is 18.5. The molecule has 1 aromatic carbocycles. The fourth-order valence-electron chi connectivity index (χ4n) is 3.88. The normalized spacial score (nSPS) is 19.2. The van der Waals surface area contributed by atoms with Crippen LogP contribution in [0.15, 0.2) is 30.3 Å². The van der Waals surface area contributed by atoms with Gasteiger partial charge in [-0.2, -0.15) is 4.98 Å². The van der Waals surface area contributed by atoms with Crippen molar-refractivity contribution < 1.29 is 18.7 Å². The topological polar surface area (TPSA) is 74.8 Å². The Bertz CT molecular complexity index is 964. The number of aromatic nitrogens is 1. The zero-order valence-electron chi connectivity index (χ0n) is 18.6. The van der Waals surface area contributed by atoms with Crippen molar-refractivity contribution in [1.82, 2.24) is 14.8 Å². The van der Waals surface area contributed by atoms with E-state index in [1.807, 2.05) is 11.8 Å². The van der Waals surface area contributed by atoms with Crippen molar-refractivity contribution in [2.24, 2.45) is 0 Å². The molecule has 0 radical (unpaired) electrons. The molecular formula is C23H29FN4O3. The molecule has 31 heavy (non-hydrogen) atoms. The van der Waals surface area contributed by atoms with Crippen LogP contribution >= 0.6 is 0 Å². The minimum Gasteiger partial charge on any atom is -0.480 e. The molecule has 1 unspecified atom stereocenters. The molecule has 2 heterocycles. The van der Waals surface area contributed by atoms with Gasteiger partial charge in [-0.25, -0.2) is 4.39 Å². The molecule has 2 atom stereocenters. The smallest absolute Gasteiger partial charge is 0.259 e. The molecule has 1 N–H and O–H groups in total. The van der Waals surface area contributed by atoms with E-state index in [0.29, 0.717) is 36.6 Å². The number of ether oxygens (including phenoxy) is 1. The highest BCUT2D eigenvalue weighted by atomic mass is 19.1. The highest BCUT2D eigenvalue weighted by Gasteiger charge is 2.34. The van der Waals surface area contributed by atoms with E-state index >= 15 is 0 Å². The molecule has 0 bridgehead atoms. The van der Waals surface area contributed by atoms with Crippen LogP contribution in [0.4, 0.5) is 10.2 Å². The summed E-state index contributed by atoms with van der Waals surface area (Å²) in [5.41, 5.74) is 2.10. The Labute approximate surface area is 182 Å². The lowest BCUT2D eigenvalue weighted by molar-refractivity contribution is -0.114. The summed E-state index contributed by atoms with van der Waals surface area (Å²) in [6.45, 7) is 9.24. The van der Waals surface area contributed by atoms with E-state index in [0.717, 1.165) is 5.56 Å². The van der Waals surface area contributed by atoms with Crippen LogP contribution in [-0.2, 0) is 11.3 Å². The van der Waals surface area contributed by atoms with Crippen molar-refractivity contribution in [2.45, 2.75) is 46.3 Å². The van der Waals surface area contributed by atoms with Crippen LogP contribution < -0.4 is 10.1 Å². The first-order valence-electron chi connectivity index (χ1n) is 10.3. The Kier molecular flexibility index (Phi) is 6.90. The van der Waals surface area contributed by atoms with Crippen molar-refractivity contribution in [1.29, 1.82) is 0 Å². The maximum Gasteiger partial charge on any atom is 0.259 e. The van der Waals surface area contributed by atoms with Gasteiger partial charge in [0.05, 0.1) is 7.11 Å². The number of amides is 2. The molecule has 1 aliphatic heterocycles. The molecule has 8 heteroatoms. The number of piperazine rings is 1. The number of hydrogen-bond acceptors (Lipinski definition) is 5. The van der Waals surface area contributed by atoms with Crippen molar-refractivity contribution in [3.8, 4) is 5.88 Å². The summed E-state index contributed by atoms with van der Waals surface area (Å²) in [6, 6.07) is 8.33. The van der Waals surface area contributed by atoms with Gasteiger partial charge in [0.1, 0.15) is 17.2 Å². The number of halogens is 1. The minimum absolute atomic E-state index is 0.0239. The highest BCUT2D eigenvalue weighted by molar-refractivity contribution is 5.98. The molecule has 2 amide bonds. The number of anilines is 1. The van der Waals surface area contributed by atoms with E-state index < -0.39 is 0 Å². The molecule has 1 aromatic heterocycles. The lowest BCUT2D eigenvalue weighted by Gasteiger charge is -2.44. The zero-order chi connectivity index (χ0) is 22.7. The highest BCUT2D eigenvalue weighted by Crippen LogP contribution is 2.27. The minimum atomic E-state index is -0.247. The molecule has 1 aliphatic rings. The van der Waals surface area contributed by atoms with Gasteiger partial charge < -0.3 is 15.0 Å². The number of pyridine rings is 1. The maximum absolute atomic E-state index is 13.4. The lowest BCUT2D eigenvalue weighted by Crippen LogP contribution is -2.57. The van der Waals surface area contributed by atoms with Crippen LogP contribution in [0.2, 0.25) is 0 Å². The van der Waals surface area contributed by atoms with Crippen molar-refractivity contribution in [3.63, 3.8) is 0 Å². The average Bonchev–Trinajstić information content (AvgIpc) is 2.72. The SMILES string of the molecule is COc1nc(NC(C)=O)c(C)cc1C(=O)N1C[C@H](C)N(Cc2ccc(F)cc2)CC1C. The van der Waals surface area contributed by atoms with Crippen molar-refractivity contribution >= 4 is 17.6 Å². The summed E-state index contributed by atoms with van der Waals surface area (Å²) in [5, 5.41) is 2.66. The van der Waals surface area contributed by atoms with E-state index in [-0.39, 0.29) is 35.6 Å². The summed E-state index contributed by atoms with van der Waals surface area (Å²) in [7, 11) is 1.46. The predicted octanol–water partition coefficient (Wildman–Crippen LogP) is 3.23. The third kappa shape index (κ3) is 5.19. The Morgan fingerprint density at radius 1 is 1.19 bits per heavy atom. The second-order valence-corrected chi connectivity index (χ2v) is 8.10. The fraction of sp³-hybridized carbons (Fsp3) is 0.435. The Balaban J connectivity index is 1.77. The first-order valence-corrected chi connectivity index (χ1v) is 10.3. The van der Waals surface area contributed by atoms with Gasteiger partial charge in [0.25, 0.3) is 5.91 Å². The van der Waals surface area contributed by atoms with Crippen LogP contribution in [0.1, 0.15) is 42.3 Å². The molecule has 1 fully saturated rings. The molecule has 166 valence electrons. The summed E-state index contributed by atoms with van der Waals surface area (Å²) in [4.78, 5) is 33.2. The number of carbonyl (C=O) groups excluding carboxylic acids is 2. The Morgan fingerprint density at radius 3 is 2.48 bits per heavy atom. The summed E-state index contributed by atoms with van der Waals surface area (Å²) in [6.07, 6.45) is 0. The quantitative estimate of drug-likeness (QED) is 0.792. The number of hydrogen-bond donors (Lipinski definition) is 1. The zero-order valence-corrected chi connectivity index (χ0v) is 18.6. The Morgan fingerprint density at radius 2 is 1.87 bits per heavy atom. The van der Waals surface area contributed by atoms with Crippen LogP contribution in [0.5, 0.6) is 5.88 Å². The van der Waals surface area contributed by atoms with E-state index in [1.165, 1.54) is 26.2 Å². The largest absolute Gasteiger partial charge is 0.480 e. The van der Waals surface area contributed by atoms with Crippen molar-refractivity contribution in [2.75, 3.05) is 25.5 Å². The van der Waals surface area contributed by atoms with Gasteiger partial charge in [-0.15, -0.1) is 0 Å². The number of rotatable bonds is 5. The maximum atomic E-state index is 13.4. The standard InChI is InChI=1S/C23H29FN4O3/c1-14-10-20(22(31-5)26-21(14)25-17(4)29)23(30)28-12-15(2)27(11-16(28)3)13-18-6-8-19(24)9-7-18/h6-10,15-16H,11-13H2,1-5H3,(H,25,26,29)/t15-,16?/m0/s1. The average molecular weight is 429 g/mol. The number of benzene rings is 1. The van der Waals surface area contributed by atoms with E-state index in [4.69, 9.17) is 4.74 Å². The third-order valence-corrected chi connectivity index (χ3v) is 5.57. The first kappa shape index (κ1) is 22.7. The summed E-state index contributed by atoms with van der Waals surface area (Å²) >= 11 is 0. The third-order valence-electron chi connectivity index (χ3n) is 5.57. The molecule has 0 spiro atoms. The predicted molar refractivity (Wildman–Crippen MR) is 117 cm³/mol. The van der Waals surface area contributed by atoms with Crippen LogP contribution in [0.3, 0.4) is 0 Å². The van der Waals surface area contributed by atoms with Gasteiger partial charge in [0.2, 0.25) is 11.8 Å². The van der Waals surface area contributed by atoms with Crippen LogP contribution in [0.25, 0.3) is 0 Å². The van der Waals surface area contributed by atoms with E-state index in [2.05, 4.69) is 22.1 Å². The second-order valence-electron chi connectivity index (χ2n) is 8.10. The molecule has 1 saturated heterocycles. The molecule has 0 aliphatic carbocycles. The monoisotopic (exact) mass is 428 g/mol. The Hall–Kier alpha value is -3.00. The van der Waals surface area contributed by atoms with Gasteiger partial charge >= 0.3 is 0 Å². The number of nitrogens with one attached hydrogen (secondary N) is 1.